The van der Waals surface area contributed by atoms with Gasteiger partial charge in [-0.1, -0.05) is 18.2 Å². The number of nitrogens with one attached hydrogen (secondary N) is 1. The van der Waals surface area contributed by atoms with E-state index in [0.717, 1.165) is 22.3 Å². The summed E-state index contributed by atoms with van der Waals surface area (Å²) in [5, 5.41) is 12.8. The second-order valence-electron chi connectivity index (χ2n) is 6.13. The highest BCUT2D eigenvalue weighted by atomic mass is 16.1. The third-order valence-corrected chi connectivity index (χ3v) is 4.16. The van der Waals surface area contributed by atoms with Crippen LogP contribution in [0.4, 0.5) is 0 Å². The van der Waals surface area contributed by atoms with Crippen LogP contribution in [0.2, 0.25) is 0 Å². The Labute approximate surface area is 141 Å². The zero-order valence-electron chi connectivity index (χ0n) is 14.4. The van der Waals surface area contributed by atoms with Gasteiger partial charge < -0.3 is 5.32 Å². The van der Waals surface area contributed by atoms with E-state index in [-0.39, 0.29) is 5.91 Å². The Hall–Kier alpha value is -2.63. The van der Waals surface area contributed by atoms with Crippen LogP contribution in [0.15, 0.2) is 30.5 Å². The van der Waals surface area contributed by atoms with Gasteiger partial charge in [0, 0.05) is 24.0 Å². The van der Waals surface area contributed by atoms with Crippen LogP contribution in [-0.2, 0) is 17.9 Å². The van der Waals surface area contributed by atoms with E-state index in [1.807, 2.05) is 47.6 Å². The van der Waals surface area contributed by atoms with Gasteiger partial charge in [0.15, 0.2) is 0 Å². The highest BCUT2D eigenvalue weighted by Crippen LogP contribution is 2.17. The Balaban J connectivity index is 1.51. The lowest BCUT2D eigenvalue weighted by Crippen LogP contribution is -2.28. The van der Waals surface area contributed by atoms with Gasteiger partial charge in [-0.25, -0.2) is 0 Å². The maximum atomic E-state index is 12.1. The third kappa shape index (κ3) is 3.48. The van der Waals surface area contributed by atoms with Crippen LogP contribution >= 0.6 is 0 Å². The van der Waals surface area contributed by atoms with Crippen LogP contribution in [0.3, 0.4) is 0 Å². The molecule has 0 saturated carbocycles. The molecule has 0 spiro atoms. The number of carbonyl (C=O) groups is 1. The Morgan fingerprint density at radius 3 is 2.75 bits per heavy atom. The molecule has 1 amide bonds. The molecule has 6 nitrogen and oxygen atoms in total. The number of para-hydroxylation sites is 1. The van der Waals surface area contributed by atoms with Crippen molar-refractivity contribution in [1.29, 1.82) is 0 Å². The lowest BCUT2D eigenvalue weighted by molar-refractivity contribution is -0.121. The molecule has 126 valence electrons. The van der Waals surface area contributed by atoms with Gasteiger partial charge in [-0.2, -0.15) is 10.2 Å². The summed E-state index contributed by atoms with van der Waals surface area (Å²) in [4.78, 5) is 12.1. The van der Waals surface area contributed by atoms with Gasteiger partial charge in [-0.3, -0.25) is 14.2 Å². The van der Waals surface area contributed by atoms with Crippen LogP contribution in [0.25, 0.3) is 10.9 Å². The molecule has 2 aromatic heterocycles. The molecule has 0 atom stereocenters. The molecule has 0 aliphatic carbocycles. The molecule has 0 fully saturated rings. The molecule has 3 rings (SSSR count). The lowest BCUT2D eigenvalue weighted by atomic mass is 10.2. The van der Waals surface area contributed by atoms with Crippen LogP contribution in [0.1, 0.15) is 23.4 Å². The van der Waals surface area contributed by atoms with Crippen molar-refractivity contribution in [2.24, 2.45) is 0 Å². The molecule has 0 saturated heterocycles. The smallest absolute Gasteiger partial charge is 0.221 e. The molecule has 0 aliphatic rings. The summed E-state index contributed by atoms with van der Waals surface area (Å²) in [5.74, 6) is 0.0359. The van der Waals surface area contributed by atoms with E-state index in [9.17, 15) is 4.79 Å². The fraction of sp³-hybridized carbons (Fsp3) is 0.389. The SMILES string of the molecule is Cc1cc(C)n(CCNC(=O)CCn2ncc3cccc(C)c32)n1. The Morgan fingerprint density at radius 1 is 1.17 bits per heavy atom. The Morgan fingerprint density at radius 2 is 2.00 bits per heavy atom. The van der Waals surface area contributed by atoms with E-state index in [0.29, 0.717) is 26.1 Å². The van der Waals surface area contributed by atoms with Gasteiger partial charge >= 0.3 is 0 Å². The standard InChI is InChI=1S/C18H23N5O/c1-13-5-4-6-16-12-20-23(18(13)16)9-7-17(24)19-8-10-22-15(3)11-14(2)21-22/h4-6,11-12H,7-10H2,1-3H3,(H,19,24). The van der Waals surface area contributed by atoms with E-state index in [4.69, 9.17) is 0 Å². The average Bonchev–Trinajstić information content (AvgIpc) is 3.09. The van der Waals surface area contributed by atoms with Crippen LogP contribution < -0.4 is 5.32 Å². The van der Waals surface area contributed by atoms with Crippen molar-refractivity contribution < 1.29 is 4.79 Å². The predicted octanol–water partition coefficient (Wildman–Crippen LogP) is 2.36. The summed E-state index contributed by atoms with van der Waals surface area (Å²) >= 11 is 0. The van der Waals surface area contributed by atoms with E-state index in [1.54, 1.807) is 0 Å². The van der Waals surface area contributed by atoms with Crippen LogP contribution in [0.5, 0.6) is 0 Å². The number of nitrogens with zero attached hydrogens (tertiary/aromatic N) is 4. The van der Waals surface area contributed by atoms with Crippen molar-refractivity contribution in [3.8, 4) is 0 Å². The van der Waals surface area contributed by atoms with Gasteiger partial charge in [-0.05, 0) is 32.4 Å². The first kappa shape index (κ1) is 16.2. The topological polar surface area (TPSA) is 64.7 Å². The monoisotopic (exact) mass is 325 g/mol. The third-order valence-electron chi connectivity index (χ3n) is 4.16. The normalized spacial score (nSPS) is 11.1. The summed E-state index contributed by atoms with van der Waals surface area (Å²) in [6.07, 6.45) is 2.27. The fourth-order valence-corrected chi connectivity index (χ4v) is 3.00. The molecular formula is C18H23N5O. The van der Waals surface area contributed by atoms with Gasteiger partial charge in [0.25, 0.3) is 0 Å². The first-order valence-corrected chi connectivity index (χ1v) is 8.23. The highest BCUT2D eigenvalue weighted by molar-refractivity contribution is 5.82. The zero-order chi connectivity index (χ0) is 17.1. The molecule has 3 aromatic rings. The number of hydrogen-bond donors (Lipinski definition) is 1. The van der Waals surface area contributed by atoms with E-state index in [2.05, 4.69) is 28.5 Å². The van der Waals surface area contributed by atoms with Crippen molar-refractivity contribution in [1.82, 2.24) is 24.9 Å². The van der Waals surface area contributed by atoms with Crippen molar-refractivity contribution in [3.63, 3.8) is 0 Å². The van der Waals surface area contributed by atoms with Crippen molar-refractivity contribution >= 4 is 16.8 Å². The van der Waals surface area contributed by atoms with Gasteiger partial charge in [-0.15, -0.1) is 0 Å². The fourth-order valence-electron chi connectivity index (χ4n) is 3.00. The van der Waals surface area contributed by atoms with Gasteiger partial charge in [0.05, 0.1) is 30.5 Å². The summed E-state index contributed by atoms with van der Waals surface area (Å²) < 4.78 is 3.82. The van der Waals surface area contributed by atoms with Crippen molar-refractivity contribution in [3.05, 3.63) is 47.4 Å². The quantitative estimate of drug-likeness (QED) is 0.757. The number of benzene rings is 1. The average molecular weight is 325 g/mol. The molecule has 0 bridgehead atoms. The first-order chi connectivity index (χ1) is 11.5. The molecule has 0 aliphatic heterocycles. The minimum Gasteiger partial charge on any atom is -0.354 e. The highest BCUT2D eigenvalue weighted by Gasteiger charge is 2.08. The van der Waals surface area contributed by atoms with E-state index >= 15 is 0 Å². The Bertz CT molecular complexity index is 862. The number of fused-ring (bicyclic) bond motifs is 1. The molecule has 1 N–H and O–H groups in total. The molecule has 6 heteroatoms. The van der Waals surface area contributed by atoms with Gasteiger partial charge in [0.1, 0.15) is 0 Å². The maximum absolute atomic E-state index is 12.1. The van der Waals surface area contributed by atoms with Crippen LogP contribution in [-0.4, -0.2) is 32.0 Å². The second-order valence-corrected chi connectivity index (χ2v) is 6.13. The molecule has 24 heavy (non-hydrogen) atoms. The van der Waals surface area contributed by atoms with E-state index < -0.39 is 0 Å². The summed E-state index contributed by atoms with van der Waals surface area (Å²) in [6, 6.07) is 8.16. The minimum absolute atomic E-state index is 0.0359. The zero-order valence-corrected chi connectivity index (χ0v) is 14.4. The molecule has 1 aromatic carbocycles. The summed E-state index contributed by atoms with van der Waals surface area (Å²) in [6.45, 7) is 7.91. The van der Waals surface area contributed by atoms with Gasteiger partial charge in [0.2, 0.25) is 5.91 Å². The number of hydrogen-bond acceptors (Lipinski definition) is 3. The molecule has 0 unspecified atom stereocenters. The first-order valence-electron chi connectivity index (χ1n) is 8.23. The summed E-state index contributed by atoms with van der Waals surface area (Å²) in [7, 11) is 0. The number of aryl methyl sites for hydroxylation is 4. The Kier molecular flexibility index (Phi) is 4.64. The van der Waals surface area contributed by atoms with Crippen LogP contribution in [0, 0.1) is 20.8 Å². The lowest BCUT2D eigenvalue weighted by Gasteiger charge is -2.08. The van der Waals surface area contributed by atoms with E-state index in [1.165, 1.54) is 5.56 Å². The number of rotatable bonds is 6. The minimum atomic E-state index is 0.0359. The number of amides is 1. The molecule has 0 radical (unpaired) electrons. The van der Waals surface area contributed by atoms with Crippen molar-refractivity contribution in [2.45, 2.75) is 40.3 Å². The van der Waals surface area contributed by atoms with Crippen molar-refractivity contribution in [2.75, 3.05) is 6.54 Å². The number of carbonyl (C=O) groups excluding carboxylic acids is 1. The predicted molar refractivity (Wildman–Crippen MR) is 93.8 cm³/mol. The second kappa shape index (κ2) is 6.86. The largest absolute Gasteiger partial charge is 0.354 e. The number of aromatic nitrogens is 4. The maximum Gasteiger partial charge on any atom is 0.221 e. The molecule has 2 heterocycles. The molecular weight excluding hydrogens is 302 g/mol. The summed E-state index contributed by atoms with van der Waals surface area (Å²) in [5.41, 5.74) is 4.39.